The summed E-state index contributed by atoms with van der Waals surface area (Å²) in [5.41, 5.74) is 2.96. The Morgan fingerprint density at radius 2 is 1.66 bits per heavy atom. The van der Waals surface area contributed by atoms with Gasteiger partial charge in [0, 0.05) is 29.6 Å². The van der Waals surface area contributed by atoms with Gasteiger partial charge < -0.3 is 19.5 Å². The Balaban J connectivity index is 1.90. The zero-order chi connectivity index (χ0) is 22.9. The highest BCUT2D eigenvalue weighted by atomic mass is 16.5. The Morgan fingerprint density at radius 3 is 2.22 bits per heavy atom. The van der Waals surface area contributed by atoms with Crippen molar-refractivity contribution >= 4 is 17.6 Å². The lowest BCUT2D eigenvalue weighted by molar-refractivity contribution is 0.0977. The van der Waals surface area contributed by atoms with Crippen LogP contribution < -0.4 is 24.8 Å². The quantitative estimate of drug-likeness (QED) is 0.434. The number of rotatable bonds is 7. The van der Waals surface area contributed by atoms with Crippen LogP contribution in [0.3, 0.4) is 0 Å². The number of hydrogen-bond acceptors (Lipinski definition) is 6. The molecule has 0 saturated carbocycles. The van der Waals surface area contributed by atoms with Gasteiger partial charge in [0.05, 0.1) is 33.6 Å². The molecule has 0 fully saturated rings. The molecule has 0 spiro atoms. The molecule has 0 aliphatic carbocycles. The number of carbonyl (C=O) groups excluding carboxylic acids is 1. The van der Waals surface area contributed by atoms with Crippen molar-refractivity contribution in [1.82, 2.24) is 10.3 Å². The van der Waals surface area contributed by atoms with Gasteiger partial charge in [-0.3, -0.25) is 15.1 Å². The molecule has 0 aliphatic heterocycles. The SMILES string of the molecule is COc1cc(NC(=NCc2ccccn2)NC(=O)c2ccc(C)cc2)cc(OC)c1OC. The van der Waals surface area contributed by atoms with Gasteiger partial charge in [0.2, 0.25) is 11.7 Å². The molecule has 0 bridgehead atoms. The maximum absolute atomic E-state index is 12.8. The maximum atomic E-state index is 12.8. The zero-order valence-electron chi connectivity index (χ0n) is 18.5. The Hall–Kier alpha value is -4.07. The van der Waals surface area contributed by atoms with Crippen molar-refractivity contribution < 1.29 is 19.0 Å². The number of nitrogens with one attached hydrogen (secondary N) is 2. The van der Waals surface area contributed by atoms with Crippen molar-refractivity contribution in [3.63, 3.8) is 0 Å². The van der Waals surface area contributed by atoms with Gasteiger partial charge in [0.25, 0.3) is 5.91 Å². The molecule has 0 atom stereocenters. The molecule has 32 heavy (non-hydrogen) atoms. The molecule has 3 rings (SSSR count). The van der Waals surface area contributed by atoms with Gasteiger partial charge in [-0.05, 0) is 31.2 Å². The van der Waals surface area contributed by atoms with E-state index in [-0.39, 0.29) is 18.4 Å². The second kappa shape index (κ2) is 10.8. The van der Waals surface area contributed by atoms with Crippen LogP contribution in [0.25, 0.3) is 0 Å². The Labute approximate surface area is 187 Å². The number of aliphatic imine (C=N–C) groups is 1. The fraction of sp³-hybridized carbons (Fsp3) is 0.208. The third-order valence-electron chi connectivity index (χ3n) is 4.60. The molecule has 2 aromatic carbocycles. The minimum absolute atomic E-state index is 0.260. The van der Waals surface area contributed by atoms with Gasteiger partial charge in [-0.15, -0.1) is 0 Å². The van der Waals surface area contributed by atoms with Gasteiger partial charge in [-0.1, -0.05) is 23.8 Å². The van der Waals surface area contributed by atoms with Gasteiger partial charge >= 0.3 is 0 Å². The summed E-state index contributed by atoms with van der Waals surface area (Å²) in [4.78, 5) is 21.6. The number of benzene rings is 2. The first kappa shape index (κ1) is 22.6. The van der Waals surface area contributed by atoms with Crippen molar-refractivity contribution in [3.8, 4) is 17.2 Å². The summed E-state index contributed by atoms with van der Waals surface area (Å²) in [6.45, 7) is 2.25. The first-order chi connectivity index (χ1) is 15.5. The number of guanidine groups is 1. The number of amides is 1. The lowest BCUT2D eigenvalue weighted by Gasteiger charge is -2.16. The minimum Gasteiger partial charge on any atom is -0.493 e. The first-order valence-electron chi connectivity index (χ1n) is 9.93. The van der Waals surface area contributed by atoms with E-state index in [1.165, 1.54) is 21.3 Å². The van der Waals surface area contributed by atoms with Crippen molar-refractivity contribution in [3.05, 3.63) is 77.6 Å². The van der Waals surface area contributed by atoms with Crippen LogP contribution in [0.5, 0.6) is 17.2 Å². The van der Waals surface area contributed by atoms with Gasteiger partial charge in [-0.25, -0.2) is 4.99 Å². The molecule has 1 aromatic heterocycles. The second-order valence-corrected chi connectivity index (χ2v) is 6.85. The van der Waals surface area contributed by atoms with E-state index in [0.29, 0.717) is 28.5 Å². The standard InChI is InChI=1S/C24H26N4O4/c1-16-8-10-17(11-9-16)23(29)28-24(26-15-18-7-5-6-12-25-18)27-19-13-20(30-2)22(32-4)21(14-19)31-3/h5-14H,15H2,1-4H3,(H2,26,27,28,29). The third-order valence-corrected chi connectivity index (χ3v) is 4.60. The lowest BCUT2D eigenvalue weighted by atomic mass is 10.1. The van der Waals surface area contributed by atoms with E-state index < -0.39 is 0 Å². The molecule has 0 unspecified atom stereocenters. The number of aryl methyl sites for hydroxylation is 1. The number of nitrogens with zero attached hydrogens (tertiary/aromatic N) is 2. The zero-order valence-corrected chi connectivity index (χ0v) is 18.5. The Kier molecular flexibility index (Phi) is 7.64. The molecule has 0 aliphatic rings. The maximum Gasteiger partial charge on any atom is 0.257 e. The van der Waals surface area contributed by atoms with E-state index in [0.717, 1.165) is 11.3 Å². The highest BCUT2D eigenvalue weighted by Crippen LogP contribution is 2.39. The highest BCUT2D eigenvalue weighted by Gasteiger charge is 2.15. The van der Waals surface area contributed by atoms with E-state index in [4.69, 9.17) is 14.2 Å². The number of methoxy groups -OCH3 is 3. The van der Waals surface area contributed by atoms with Crippen LogP contribution in [0.1, 0.15) is 21.6 Å². The van der Waals surface area contributed by atoms with Crippen LogP contribution in [0.15, 0.2) is 65.8 Å². The van der Waals surface area contributed by atoms with Crippen molar-refractivity contribution in [2.24, 2.45) is 4.99 Å². The largest absolute Gasteiger partial charge is 0.493 e. The number of carbonyl (C=O) groups is 1. The average Bonchev–Trinajstić information content (AvgIpc) is 2.82. The minimum atomic E-state index is -0.287. The topological polar surface area (TPSA) is 94.1 Å². The fourth-order valence-electron chi connectivity index (χ4n) is 2.94. The summed E-state index contributed by atoms with van der Waals surface area (Å²) in [5.74, 6) is 1.39. The summed E-state index contributed by atoms with van der Waals surface area (Å²) in [7, 11) is 4.61. The lowest BCUT2D eigenvalue weighted by Crippen LogP contribution is -2.36. The molecule has 0 radical (unpaired) electrons. The van der Waals surface area contributed by atoms with E-state index in [1.807, 2.05) is 37.3 Å². The summed E-state index contributed by atoms with van der Waals surface area (Å²) < 4.78 is 16.2. The number of pyridine rings is 1. The van der Waals surface area contributed by atoms with Crippen LogP contribution in [-0.2, 0) is 6.54 Å². The first-order valence-corrected chi connectivity index (χ1v) is 9.93. The van der Waals surface area contributed by atoms with Crippen molar-refractivity contribution in [1.29, 1.82) is 0 Å². The van der Waals surface area contributed by atoms with E-state index in [9.17, 15) is 4.79 Å². The molecular weight excluding hydrogens is 408 g/mol. The van der Waals surface area contributed by atoms with Crippen molar-refractivity contribution in [2.75, 3.05) is 26.6 Å². The molecule has 1 heterocycles. The van der Waals surface area contributed by atoms with Gasteiger partial charge in [0.15, 0.2) is 11.5 Å². The molecule has 166 valence electrons. The van der Waals surface area contributed by atoms with Crippen LogP contribution in [-0.4, -0.2) is 38.2 Å². The van der Waals surface area contributed by atoms with Gasteiger partial charge in [-0.2, -0.15) is 0 Å². The predicted octanol–water partition coefficient (Wildman–Crippen LogP) is 3.81. The number of ether oxygens (including phenoxy) is 3. The second-order valence-electron chi connectivity index (χ2n) is 6.85. The normalized spacial score (nSPS) is 10.9. The molecule has 1 amide bonds. The smallest absolute Gasteiger partial charge is 0.257 e. The molecule has 3 aromatic rings. The number of aromatic nitrogens is 1. The van der Waals surface area contributed by atoms with Crippen LogP contribution in [0.4, 0.5) is 5.69 Å². The molecule has 2 N–H and O–H groups in total. The van der Waals surface area contributed by atoms with Crippen molar-refractivity contribution in [2.45, 2.75) is 13.5 Å². The average molecular weight is 434 g/mol. The van der Waals surface area contributed by atoms with Crippen LogP contribution >= 0.6 is 0 Å². The molecule has 8 heteroatoms. The summed E-state index contributed by atoms with van der Waals surface area (Å²) in [6, 6.07) is 16.3. The van der Waals surface area contributed by atoms with E-state index in [2.05, 4.69) is 20.6 Å². The Bertz CT molecular complexity index is 1060. The number of anilines is 1. The predicted molar refractivity (Wildman–Crippen MR) is 124 cm³/mol. The van der Waals surface area contributed by atoms with Crippen LogP contribution in [0.2, 0.25) is 0 Å². The monoisotopic (exact) mass is 434 g/mol. The third kappa shape index (κ3) is 5.75. The fourth-order valence-corrected chi connectivity index (χ4v) is 2.94. The summed E-state index contributed by atoms with van der Waals surface area (Å²) in [5, 5.41) is 5.97. The molecular formula is C24H26N4O4. The molecule has 0 saturated heterocycles. The highest BCUT2D eigenvalue weighted by molar-refractivity contribution is 6.10. The van der Waals surface area contributed by atoms with E-state index in [1.54, 1.807) is 30.5 Å². The van der Waals surface area contributed by atoms with Crippen LogP contribution in [0, 0.1) is 6.92 Å². The van der Waals surface area contributed by atoms with E-state index >= 15 is 0 Å². The summed E-state index contributed by atoms with van der Waals surface area (Å²) in [6.07, 6.45) is 1.70. The Morgan fingerprint density at radius 1 is 0.969 bits per heavy atom. The number of hydrogen-bond donors (Lipinski definition) is 2. The summed E-state index contributed by atoms with van der Waals surface area (Å²) >= 11 is 0. The van der Waals surface area contributed by atoms with Gasteiger partial charge in [0.1, 0.15) is 0 Å². The molecule has 8 nitrogen and oxygen atoms in total.